The van der Waals surface area contributed by atoms with Crippen LogP contribution in [0.4, 0.5) is 0 Å². The molecule has 1 saturated heterocycles. The molecule has 1 saturated carbocycles. The molecule has 0 aromatic heterocycles. The third kappa shape index (κ3) is 3.44. The molecule has 1 heterocycles. The number of methoxy groups -OCH3 is 1. The number of rotatable bonds is 7. The highest BCUT2D eigenvalue weighted by atomic mass is 16.5. The zero-order valence-electron chi connectivity index (χ0n) is 10.6. The van der Waals surface area contributed by atoms with E-state index in [-0.39, 0.29) is 0 Å². The first kappa shape index (κ1) is 12.3. The van der Waals surface area contributed by atoms with Crippen molar-refractivity contribution < 1.29 is 4.74 Å². The molecule has 2 rings (SSSR count). The van der Waals surface area contributed by atoms with Gasteiger partial charge in [0.25, 0.3) is 0 Å². The Bertz CT molecular complexity index is 194. The van der Waals surface area contributed by atoms with Crippen molar-refractivity contribution in [2.75, 3.05) is 39.9 Å². The van der Waals surface area contributed by atoms with Gasteiger partial charge >= 0.3 is 0 Å². The summed E-state index contributed by atoms with van der Waals surface area (Å²) in [4.78, 5) is 2.71. The maximum absolute atomic E-state index is 5.05. The molecule has 0 amide bonds. The van der Waals surface area contributed by atoms with Crippen molar-refractivity contribution in [3.63, 3.8) is 0 Å². The van der Waals surface area contributed by atoms with Crippen LogP contribution in [0.1, 0.15) is 32.1 Å². The van der Waals surface area contributed by atoms with Crippen molar-refractivity contribution in [3.8, 4) is 0 Å². The molecule has 3 heteroatoms. The van der Waals surface area contributed by atoms with Crippen molar-refractivity contribution in [1.29, 1.82) is 0 Å². The third-order valence-electron chi connectivity index (χ3n) is 4.08. The van der Waals surface area contributed by atoms with Gasteiger partial charge in [-0.1, -0.05) is 6.42 Å². The summed E-state index contributed by atoms with van der Waals surface area (Å²) in [6.07, 6.45) is 7.19. The molecular weight excluding hydrogens is 200 g/mol. The minimum absolute atomic E-state index is 0.789. The average Bonchev–Trinajstić information content (AvgIpc) is 2.66. The van der Waals surface area contributed by atoms with Gasteiger partial charge in [0, 0.05) is 32.8 Å². The molecule has 1 aliphatic heterocycles. The predicted octanol–water partition coefficient (Wildman–Crippen LogP) is 1.49. The van der Waals surface area contributed by atoms with Crippen molar-refractivity contribution in [2.45, 2.75) is 38.1 Å². The van der Waals surface area contributed by atoms with E-state index in [1.54, 1.807) is 7.11 Å². The van der Waals surface area contributed by atoms with Gasteiger partial charge in [0.05, 0.1) is 6.61 Å². The van der Waals surface area contributed by atoms with Crippen LogP contribution in [-0.4, -0.2) is 50.8 Å². The zero-order valence-corrected chi connectivity index (χ0v) is 10.6. The van der Waals surface area contributed by atoms with Crippen LogP contribution in [0.25, 0.3) is 0 Å². The second-order valence-electron chi connectivity index (χ2n) is 5.28. The Hall–Kier alpha value is -0.120. The van der Waals surface area contributed by atoms with E-state index >= 15 is 0 Å². The molecule has 3 nitrogen and oxygen atoms in total. The van der Waals surface area contributed by atoms with Crippen LogP contribution in [0.2, 0.25) is 0 Å². The van der Waals surface area contributed by atoms with Gasteiger partial charge in [-0.2, -0.15) is 0 Å². The lowest BCUT2D eigenvalue weighted by Gasteiger charge is -2.33. The zero-order chi connectivity index (χ0) is 11.2. The fourth-order valence-corrected chi connectivity index (χ4v) is 2.82. The van der Waals surface area contributed by atoms with Gasteiger partial charge in [0.15, 0.2) is 0 Å². The van der Waals surface area contributed by atoms with Crippen LogP contribution in [0.5, 0.6) is 0 Å². The highest BCUT2D eigenvalue weighted by Gasteiger charge is 2.28. The molecule has 1 N–H and O–H groups in total. The van der Waals surface area contributed by atoms with Crippen molar-refractivity contribution in [2.24, 2.45) is 5.92 Å². The van der Waals surface area contributed by atoms with Gasteiger partial charge in [0.2, 0.25) is 0 Å². The summed E-state index contributed by atoms with van der Waals surface area (Å²) in [5, 5.41) is 3.50. The lowest BCUT2D eigenvalue weighted by atomic mass is 9.85. The topological polar surface area (TPSA) is 24.5 Å². The second-order valence-corrected chi connectivity index (χ2v) is 5.28. The van der Waals surface area contributed by atoms with Gasteiger partial charge in [-0.25, -0.2) is 0 Å². The predicted molar refractivity (Wildman–Crippen MR) is 66.7 cm³/mol. The largest absolute Gasteiger partial charge is 0.383 e. The van der Waals surface area contributed by atoms with E-state index in [0.29, 0.717) is 0 Å². The Kier molecular flexibility index (Phi) is 5.07. The molecule has 16 heavy (non-hydrogen) atoms. The van der Waals surface area contributed by atoms with Crippen LogP contribution >= 0.6 is 0 Å². The highest BCUT2D eigenvalue weighted by molar-refractivity contribution is 4.84. The molecule has 1 atom stereocenters. The Balaban J connectivity index is 1.62. The molecule has 2 aliphatic rings. The van der Waals surface area contributed by atoms with Crippen LogP contribution in [0.3, 0.4) is 0 Å². The van der Waals surface area contributed by atoms with Crippen molar-refractivity contribution in [3.05, 3.63) is 0 Å². The van der Waals surface area contributed by atoms with E-state index in [9.17, 15) is 0 Å². The summed E-state index contributed by atoms with van der Waals surface area (Å²) in [6, 6.07) is 0.789. The molecule has 0 aromatic carbocycles. The van der Waals surface area contributed by atoms with E-state index in [1.165, 1.54) is 45.2 Å². The number of nitrogens with one attached hydrogen (secondary N) is 1. The van der Waals surface area contributed by atoms with Crippen LogP contribution in [0, 0.1) is 5.92 Å². The van der Waals surface area contributed by atoms with E-state index in [1.807, 2.05) is 0 Å². The smallest absolute Gasteiger partial charge is 0.0587 e. The van der Waals surface area contributed by atoms with Crippen molar-refractivity contribution in [1.82, 2.24) is 10.2 Å². The average molecular weight is 226 g/mol. The van der Waals surface area contributed by atoms with Gasteiger partial charge < -0.3 is 10.1 Å². The van der Waals surface area contributed by atoms with E-state index in [0.717, 1.165) is 31.7 Å². The summed E-state index contributed by atoms with van der Waals surface area (Å²) in [5.74, 6) is 1.01. The molecule has 0 spiro atoms. The number of hydrogen-bond acceptors (Lipinski definition) is 3. The molecule has 0 bridgehead atoms. The molecule has 0 radical (unpaired) electrons. The fourth-order valence-electron chi connectivity index (χ4n) is 2.82. The lowest BCUT2D eigenvalue weighted by molar-refractivity contribution is 0.159. The number of likely N-dealkylation sites (tertiary alicyclic amines) is 1. The van der Waals surface area contributed by atoms with E-state index in [2.05, 4.69) is 10.2 Å². The maximum Gasteiger partial charge on any atom is 0.0587 e. The number of hydrogen-bond donors (Lipinski definition) is 1. The van der Waals surface area contributed by atoms with Crippen molar-refractivity contribution >= 4 is 0 Å². The first-order chi connectivity index (χ1) is 7.90. The first-order valence-electron chi connectivity index (χ1n) is 6.84. The SMILES string of the molecule is COCCNCC1CCCN1CC1CCC1. The second kappa shape index (κ2) is 6.58. The highest BCUT2D eigenvalue weighted by Crippen LogP contribution is 2.29. The molecule has 0 aromatic rings. The minimum Gasteiger partial charge on any atom is -0.383 e. The monoisotopic (exact) mass is 226 g/mol. The standard InChI is InChI=1S/C13H26N2O/c1-16-9-7-14-10-13-6-3-8-15(13)11-12-4-2-5-12/h12-14H,2-11H2,1H3. The molecular formula is C13H26N2O. The van der Waals surface area contributed by atoms with E-state index < -0.39 is 0 Å². The van der Waals surface area contributed by atoms with Gasteiger partial charge in [-0.15, -0.1) is 0 Å². The van der Waals surface area contributed by atoms with Gasteiger partial charge in [-0.05, 0) is 38.1 Å². The summed E-state index contributed by atoms with van der Waals surface area (Å²) < 4.78 is 5.05. The molecule has 94 valence electrons. The Morgan fingerprint density at radius 2 is 2.12 bits per heavy atom. The first-order valence-corrected chi connectivity index (χ1v) is 6.84. The van der Waals surface area contributed by atoms with Gasteiger partial charge in [0.1, 0.15) is 0 Å². The number of ether oxygens (including phenoxy) is 1. The van der Waals surface area contributed by atoms with E-state index in [4.69, 9.17) is 4.74 Å². The Morgan fingerprint density at radius 1 is 1.25 bits per heavy atom. The summed E-state index contributed by atoms with van der Waals surface area (Å²) >= 11 is 0. The normalized spacial score (nSPS) is 27.2. The third-order valence-corrected chi connectivity index (χ3v) is 4.08. The molecule has 2 fully saturated rings. The summed E-state index contributed by atoms with van der Waals surface area (Å²) in [7, 11) is 1.76. The Labute approximate surface area is 99.5 Å². The van der Waals surface area contributed by atoms with Crippen LogP contribution in [0.15, 0.2) is 0 Å². The summed E-state index contributed by atoms with van der Waals surface area (Å²) in [5.41, 5.74) is 0. The Morgan fingerprint density at radius 3 is 2.81 bits per heavy atom. The van der Waals surface area contributed by atoms with Crippen LogP contribution in [-0.2, 0) is 4.74 Å². The number of nitrogens with zero attached hydrogens (tertiary/aromatic N) is 1. The quantitative estimate of drug-likeness (QED) is 0.666. The maximum atomic E-state index is 5.05. The molecule has 1 aliphatic carbocycles. The molecule has 1 unspecified atom stereocenters. The minimum atomic E-state index is 0.789. The van der Waals surface area contributed by atoms with Crippen LogP contribution < -0.4 is 5.32 Å². The lowest BCUT2D eigenvalue weighted by Crippen LogP contribution is -2.42. The fraction of sp³-hybridized carbons (Fsp3) is 1.00. The van der Waals surface area contributed by atoms with Gasteiger partial charge in [-0.3, -0.25) is 4.90 Å². The summed E-state index contributed by atoms with van der Waals surface area (Å²) in [6.45, 7) is 5.65.